The van der Waals surface area contributed by atoms with Crippen molar-refractivity contribution in [1.29, 1.82) is 0 Å². The van der Waals surface area contributed by atoms with Gasteiger partial charge in [0.1, 0.15) is 5.69 Å². The van der Waals surface area contributed by atoms with Crippen LogP contribution in [0.1, 0.15) is 49.0 Å². The summed E-state index contributed by atoms with van der Waals surface area (Å²) in [7, 11) is 0. The van der Waals surface area contributed by atoms with Crippen LogP contribution in [-0.4, -0.2) is 34.1 Å². The van der Waals surface area contributed by atoms with E-state index in [-0.39, 0.29) is 36.8 Å². The van der Waals surface area contributed by atoms with E-state index in [0.717, 1.165) is 12.8 Å². The van der Waals surface area contributed by atoms with E-state index < -0.39 is 11.8 Å². The number of primary amides is 1. The molecule has 0 aromatic carbocycles. The molecule has 1 aromatic rings. The Morgan fingerprint density at radius 3 is 2.67 bits per heavy atom. The normalized spacial score (nSPS) is 15.3. The zero-order valence-electron chi connectivity index (χ0n) is 13.5. The number of aromatic nitrogens is 2. The van der Waals surface area contributed by atoms with Gasteiger partial charge in [0.25, 0.3) is 0 Å². The van der Waals surface area contributed by atoms with E-state index in [4.69, 9.17) is 5.73 Å². The van der Waals surface area contributed by atoms with Gasteiger partial charge in [0, 0.05) is 37.7 Å². The largest absolute Gasteiger partial charge is 0.370 e. The summed E-state index contributed by atoms with van der Waals surface area (Å²) in [5.41, 5.74) is 10.6. The van der Waals surface area contributed by atoms with Crippen LogP contribution in [0.5, 0.6) is 0 Å². The number of carbonyl (C=O) groups is 3. The van der Waals surface area contributed by atoms with Crippen molar-refractivity contribution in [2.45, 2.75) is 38.5 Å². The SMILES string of the molecule is NC(=O)CCNNC(=O)[C@@H](CC(=O)c1cnccn1)CC1CCC1. The molecule has 2 amide bonds. The lowest BCUT2D eigenvalue weighted by Crippen LogP contribution is -2.43. The predicted octanol–water partition coefficient (Wildman–Crippen LogP) is 0.352. The molecular formula is C16H23N5O3. The maximum atomic E-state index is 12.4. The lowest BCUT2D eigenvalue weighted by Gasteiger charge is -2.29. The van der Waals surface area contributed by atoms with Crippen molar-refractivity contribution in [1.82, 2.24) is 20.8 Å². The van der Waals surface area contributed by atoms with Crippen LogP contribution in [0, 0.1) is 11.8 Å². The third-order valence-electron chi connectivity index (χ3n) is 4.20. The van der Waals surface area contributed by atoms with Crippen molar-refractivity contribution in [3.8, 4) is 0 Å². The highest BCUT2D eigenvalue weighted by atomic mass is 16.2. The van der Waals surface area contributed by atoms with E-state index in [1.54, 1.807) is 0 Å². The van der Waals surface area contributed by atoms with Gasteiger partial charge >= 0.3 is 0 Å². The molecule has 0 unspecified atom stereocenters. The maximum absolute atomic E-state index is 12.4. The van der Waals surface area contributed by atoms with Crippen LogP contribution in [0.15, 0.2) is 18.6 Å². The Hall–Kier alpha value is -2.35. The zero-order chi connectivity index (χ0) is 17.4. The van der Waals surface area contributed by atoms with E-state index in [0.29, 0.717) is 12.3 Å². The fourth-order valence-electron chi connectivity index (χ4n) is 2.62. The molecule has 0 aliphatic heterocycles. The summed E-state index contributed by atoms with van der Waals surface area (Å²) in [6, 6.07) is 0. The van der Waals surface area contributed by atoms with Crippen LogP contribution in [0.2, 0.25) is 0 Å². The number of ketones is 1. The topological polar surface area (TPSA) is 127 Å². The molecule has 0 spiro atoms. The molecule has 1 aromatic heterocycles. The molecule has 1 aliphatic carbocycles. The summed E-state index contributed by atoms with van der Waals surface area (Å²) in [6.45, 7) is 0.259. The molecule has 1 heterocycles. The van der Waals surface area contributed by atoms with Crippen LogP contribution in [0.25, 0.3) is 0 Å². The molecule has 24 heavy (non-hydrogen) atoms. The van der Waals surface area contributed by atoms with Gasteiger partial charge in [-0.3, -0.25) is 24.8 Å². The van der Waals surface area contributed by atoms with Crippen LogP contribution in [0.3, 0.4) is 0 Å². The minimum Gasteiger partial charge on any atom is -0.370 e. The van der Waals surface area contributed by atoms with Crippen molar-refractivity contribution >= 4 is 17.6 Å². The third-order valence-corrected chi connectivity index (χ3v) is 4.20. The second-order valence-corrected chi connectivity index (χ2v) is 6.08. The number of rotatable bonds is 10. The molecular weight excluding hydrogens is 310 g/mol. The van der Waals surface area contributed by atoms with E-state index in [1.807, 2.05) is 0 Å². The van der Waals surface area contributed by atoms with Crippen molar-refractivity contribution < 1.29 is 14.4 Å². The molecule has 1 fully saturated rings. The zero-order valence-corrected chi connectivity index (χ0v) is 13.5. The van der Waals surface area contributed by atoms with Crippen LogP contribution >= 0.6 is 0 Å². The smallest absolute Gasteiger partial charge is 0.237 e. The number of nitrogens with two attached hydrogens (primary N) is 1. The molecule has 1 atom stereocenters. The van der Waals surface area contributed by atoms with Gasteiger partial charge in [-0.2, -0.15) is 0 Å². The first kappa shape index (κ1) is 18.0. The molecule has 130 valence electrons. The summed E-state index contributed by atoms with van der Waals surface area (Å²) < 4.78 is 0. The van der Waals surface area contributed by atoms with Gasteiger partial charge in [0.15, 0.2) is 5.78 Å². The van der Waals surface area contributed by atoms with Gasteiger partial charge in [0.2, 0.25) is 11.8 Å². The fourth-order valence-corrected chi connectivity index (χ4v) is 2.62. The molecule has 4 N–H and O–H groups in total. The summed E-state index contributed by atoms with van der Waals surface area (Å²) in [4.78, 5) is 43.2. The second-order valence-electron chi connectivity index (χ2n) is 6.08. The molecule has 2 rings (SSSR count). The molecule has 0 bridgehead atoms. The molecule has 8 nitrogen and oxygen atoms in total. The molecule has 1 saturated carbocycles. The minimum absolute atomic E-state index is 0.0958. The van der Waals surface area contributed by atoms with Gasteiger partial charge in [-0.25, -0.2) is 10.4 Å². The Balaban J connectivity index is 1.89. The highest BCUT2D eigenvalue weighted by Gasteiger charge is 2.29. The van der Waals surface area contributed by atoms with Gasteiger partial charge < -0.3 is 5.73 Å². The lowest BCUT2D eigenvalue weighted by atomic mass is 9.77. The summed E-state index contributed by atoms with van der Waals surface area (Å²) in [6.07, 6.45) is 8.63. The highest BCUT2D eigenvalue weighted by Crippen LogP contribution is 2.33. The average molecular weight is 333 g/mol. The molecule has 0 saturated heterocycles. The van der Waals surface area contributed by atoms with Gasteiger partial charge in [0.05, 0.1) is 6.20 Å². The number of hydrogen-bond acceptors (Lipinski definition) is 6. The molecule has 0 radical (unpaired) electrons. The molecule has 1 aliphatic rings. The van der Waals surface area contributed by atoms with E-state index in [9.17, 15) is 14.4 Å². The van der Waals surface area contributed by atoms with Crippen LogP contribution in [0.4, 0.5) is 0 Å². The number of carbonyl (C=O) groups excluding carboxylic acids is 3. The highest BCUT2D eigenvalue weighted by molar-refractivity contribution is 5.96. The first-order valence-electron chi connectivity index (χ1n) is 8.16. The number of hydrazine groups is 1. The fraction of sp³-hybridized carbons (Fsp3) is 0.562. The molecule has 8 heteroatoms. The first-order valence-corrected chi connectivity index (χ1v) is 8.16. The maximum Gasteiger partial charge on any atom is 0.237 e. The van der Waals surface area contributed by atoms with Crippen LogP contribution in [-0.2, 0) is 9.59 Å². The number of hydrogen-bond donors (Lipinski definition) is 3. The standard InChI is InChI=1S/C16H23N5O3/c17-15(23)4-5-20-21-16(24)12(8-11-2-1-3-11)9-14(22)13-10-18-6-7-19-13/h6-7,10-12,20H,1-5,8-9H2,(H2,17,23)(H,21,24)/t12-/m1/s1. The Bertz CT molecular complexity index is 574. The Labute approximate surface area is 140 Å². The van der Waals surface area contributed by atoms with E-state index in [2.05, 4.69) is 20.8 Å². The number of nitrogens with one attached hydrogen (secondary N) is 2. The first-order chi connectivity index (χ1) is 11.6. The second kappa shape index (κ2) is 9.07. The van der Waals surface area contributed by atoms with Gasteiger partial charge in [-0.15, -0.1) is 0 Å². The van der Waals surface area contributed by atoms with Gasteiger partial charge in [-0.05, 0) is 12.3 Å². The Morgan fingerprint density at radius 2 is 2.08 bits per heavy atom. The Morgan fingerprint density at radius 1 is 1.29 bits per heavy atom. The lowest BCUT2D eigenvalue weighted by molar-refractivity contribution is -0.127. The van der Waals surface area contributed by atoms with Gasteiger partial charge in [-0.1, -0.05) is 19.3 Å². The summed E-state index contributed by atoms with van der Waals surface area (Å²) in [5, 5.41) is 0. The summed E-state index contributed by atoms with van der Waals surface area (Å²) in [5.74, 6) is -0.823. The average Bonchev–Trinajstić information content (AvgIpc) is 2.54. The number of amides is 2. The summed E-state index contributed by atoms with van der Waals surface area (Å²) >= 11 is 0. The monoisotopic (exact) mass is 333 g/mol. The Kier molecular flexibility index (Phi) is 6.80. The third kappa shape index (κ3) is 5.69. The van der Waals surface area contributed by atoms with Crippen molar-refractivity contribution in [2.24, 2.45) is 17.6 Å². The number of nitrogens with zero attached hydrogens (tertiary/aromatic N) is 2. The minimum atomic E-state index is -0.444. The van der Waals surface area contributed by atoms with E-state index in [1.165, 1.54) is 25.0 Å². The quantitative estimate of drug-likeness (QED) is 0.322. The van der Waals surface area contributed by atoms with Crippen molar-refractivity contribution in [3.63, 3.8) is 0 Å². The van der Waals surface area contributed by atoms with E-state index >= 15 is 0 Å². The predicted molar refractivity (Wildman–Crippen MR) is 86.4 cm³/mol. The number of Topliss-reactive ketones (excluding diaryl/α,β-unsaturated/α-hetero) is 1. The van der Waals surface area contributed by atoms with Crippen LogP contribution < -0.4 is 16.6 Å². The van der Waals surface area contributed by atoms with Crippen molar-refractivity contribution in [2.75, 3.05) is 6.54 Å². The van der Waals surface area contributed by atoms with Crippen molar-refractivity contribution in [3.05, 3.63) is 24.3 Å².